The highest BCUT2D eigenvalue weighted by molar-refractivity contribution is 14.1. The fraction of sp³-hybridized carbons (Fsp3) is 0.381. The Bertz CT molecular complexity index is 938. The van der Waals surface area contributed by atoms with Crippen LogP contribution < -0.4 is 0 Å². The van der Waals surface area contributed by atoms with E-state index >= 15 is 0 Å². The van der Waals surface area contributed by atoms with Crippen LogP contribution in [0.3, 0.4) is 0 Å². The van der Waals surface area contributed by atoms with E-state index in [1.165, 1.54) is 5.56 Å². The van der Waals surface area contributed by atoms with Crippen molar-refractivity contribution in [1.29, 1.82) is 0 Å². The molecule has 0 N–H and O–H groups in total. The van der Waals surface area contributed by atoms with E-state index in [4.69, 9.17) is 0 Å². The summed E-state index contributed by atoms with van der Waals surface area (Å²) in [4.78, 5) is 12.8. The fourth-order valence-electron chi connectivity index (χ4n) is 3.41. The van der Waals surface area contributed by atoms with Crippen molar-refractivity contribution in [1.82, 2.24) is 4.31 Å². The molecule has 2 aromatic rings. The molecule has 0 radical (unpaired) electrons. The van der Waals surface area contributed by atoms with Crippen molar-refractivity contribution in [3.05, 3.63) is 62.7 Å². The molecule has 2 aromatic carbocycles. The number of sulfonamides is 1. The largest absolute Gasteiger partial charge is 0.294 e. The highest BCUT2D eigenvalue weighted by Gasteiger charge is 2.30. The number of piperidine rings is 1. The molecule has 1 heterocycles. The third kappa shape index (κ3) is 4.60. The first kappa shape index (κ1) is 20.5. The van der Waals surface area contributed by atoms with E-state index in [2.05, 4.69) is 22.6 Å². The van der Waals surface area contributed by atoms with Crippen LogP contribution in [0.2, 0.25) is 0 Å². The summed E-state index contributed by atoms with van der Waals surface area (Å²) in [5.41, 5.74) is 2.69. The van der Waals surface area contributed by atoms with Gasteiger partial charge < -0.3 is 0 Å². The van der Waals surface area contributed by atoms with E-state index in [9.17, 15) is 13.2 Å². The molecule has 1 aliphatic heterocycles. The number of hydrogen-bond acceptors (Lipinski definition) is 3. The van der Waals surface area contributed by atoms with Gasteiger partial charge in [-0.25, -0.2) is 8.42 Å². The van der Waals surface area contributed by atoms with Crippen molar-refractivity contribution < 1.29 is 13.2 Å². The summed E-state index contributed by atoms with van der Waals surface area (Å²) in [6.07, 6.45) is 3.17. The number of hydrogen-bond donors (Lipinski definition) is 0. The minimum Gasteiger partial charge on any atom is -0.294 e. The monoisotopic (exact) mass is 497 g/mol. The highest BCUT2D eigenvalue weighted by Crippen LogP contribution is 2.25. The number of benzene rings is 2. The zero-order valence-corrected chi connectivity index (χ0v) is 18.6. The second-order valence-corrected chi connectivity index (χ2v) is 10.2. The molecule has 0 aliphatic carbocycles. The molecular formula is C21H24INO3S. The molecule has 0 aromatic heterocycles. The van der Waals surface area contributed by atoms with Crippen LogP contribution in [0.4, 0.5) is 0 Å². The summed E-state index contributed by atoms with van der Waals surface area (Å²) in [7, 11) is -3.50. The number of ketones is 1. The van der Waals surface area contributed by atoms with E-state index in [-0.39, 0.29) is 16.7 Å². The van der Waals surface area contributed by atoms with Gasteiger partial charge in [0.15, 0.2) is 5.78 Å². The molecule has 0 amide bonds. The zero-order valence-electron chi connectivity index (χ0n) is 15.6. The minimum atomic E-state index is -3.50. The van der Waals surface area contributed by atoms with Crippen LogP contribution in [0.1, 0.15) is 47.7 Å². The molecule has 0 bridgehead atoms. The molecular weight excluding hydrogens is 473 g/mol. The summed E-state index contributed by atoms with van der Waals surface area (Å²) in [6.45, 7) is 4.56. The normalized spacial score (nSPS) is 18.4. The second kappa shape index (κ2) is 8.41. The third-order valence-electron chi connectivity index (χ3n) is 5.13. The number of aryl methyl sites for hydroxylation is 1. The Morgan fingerprint density at radius 3 is 2.48 bits per heavy atom. The van der Waals surface area contributed by atoms with Crippen LogP contribution in [-0.2, 0) is 16.4 Å². The topological polar surface area (TPSA) is 54.5 Å². The van der Waals surface area contributed by atoms with Crippen LogP contribution >= 0.6 is 22.6 Å². The Morgan fingerprint density at radius 2 is 1.85 bits per heavy atom. The number of rotatable bonds is 5. The van der Waals surface area contributed by atoms with Gasteiger partial charge >= 0.3 is 0 Å². The van der Waals surface area contributed by atoms with E-state index < -0.39 is 10.0 Å². The molecule has 1 fully saturated rings. The molecule has 27 heavy (non-hydrogen) atoms. The van der Waals surface area contributed by atoms with Gasteiger partial charge in [-0.3, -0.25) is 4.79 Å². The Labute approximate surface area is 175 Å². The average molecular weight is 497 g/mol. The maximum absolute atomic E-state index is 12.9. The first-order valence-corrected chi connectivity index (χ1v) is 11.7. The van der Waals surface area contributed by atoms with Gasteiger partial charge in [0.1, 0.15) is 0 Å². The predicted molar refractivity (Wildman–Crippen MR) is 116 cm³/mol. The lowest BCUT2D eigenvalue weighted by molar-refractivity contribution is 0.0993. The molecule has 1 saturated heterocycles. The van der Waals surface area contributed by atoms with E-state index in [1.807, 2.05) is 32.0 Å². The first-order valence-electron chi connectivity index (χ1n) is 9.19. The van der Waals surface area contributed by atoms with Gasteiger partial charge in [0, 0.05) is 28.1 Å². The molecule has 0 saturated carbocycles. The first-order chi connectivity index (χ1) is 12.8. The average Bonchev–Trinajstić information content (AvgIpc) is 2.65. The van der Waals surface area contributed by atoms with Crippen molar-refractivity contribution >= 4 is 38.4 Å². The fourth-order valence-corrected chi connectivity index (χ4v) is 5.69. The van der Waals surface area contributed by atoms with Gasteiger partial charge in [-0.05, 0) is 78.6 Å². The van der Waals surface area contributed by atoms with Gasteiger partial charge in [0.05, 0.1) is 4.90 Å². The molecule has 0 spiro atoms. The molecule has 6 heteroatoms. The predicted octanol–water partition coefficient (Wildman–Crippen LogP) is 4.59. The van der Waals surface area contributed by atoms with Crippen molar-refractivity contribution in [3.8, 4) is 0 Å². The Kier molecular flexibility index (Phi) is 6.38. The van der Waals surface area contributed by atoms with Gasteiger partial charge in [0.25, 0.3) is 0 Å². The maximum atomic E-state index is 12.9. The summed E-state index contributed by atoms with van der Waals surface area (Å²) in [6, 6.07) is 12.4. The van der Waals surface area contributed by atoms with Gasteiger partial charge in [0.2, 0.25) is 10.0 Å². The third-order valence-corrected chi connectivity index (χ3v) is 8.32. The van der Waals surface area contributed by atoms with Crippen molar-refractivity contribution in [2.45, 2.75) is 50.5 Å². The van der Waals surface area contributed by atoms with E-state index in [0.29, 0.717) is 18.5 Å². The number of nitrogens with zero attached hydrogens (tertiary/aromatic N) is 1. The second-order valence-electron chi connectivity index (χ2n) is 7.17. The minimum absolute atomic E-state index is 0.00931. The van der Waals surface area contributed by atoms with Crippen LogP contribution in [0.25, 0.3) is 0 Å². The summed E-state index contributed by atoms with van der Waals surface area (Å²) in [5.74, 6) is -0.00931. The van der Waals surface area contributed by atoms with Gasteiger partial charge in [-0.15, -0.1) is 0 Å². The summed E-state index contributed by atoms with van der Waals surface area (Å²) >= 11 is 2.26. The Hall–Kier alpha value is -1.25. The Morgan fingerprint density at radius 1 is 1.15 bits per heavy atom. The quantitative estimate of drug-likeness (QED) is 0.449. The number of carbonyl (C=O) groups is 1. The van der Waals surface area contributed by atoms with Gasteiger partial charge in [-0.1, -0.05) is 30.7 Å². The van der Waals surface area contributed by atoms with E-state index in [1.54, 1.807) is 28.6 Å². The lowest BCUT2D eigenvalue weighted by Gasteiger charge is -2.32. The number of halogens is 1. The smallest absolute Gasteiger partial charge is 0.243 e. The van der Waals surface area contributed by atoms with Gasteiger partial charge in [-0.2, -0.15) is 4.31 Å². The molecule has 1 aliphatic rings. The van der Waals surface area contributed by atoms with E-state index in [0.717, 1.165) is 28.4 Å². The molecule has 3 rings (SSSR count). The maximum Gasteiger partial charge on any atom is 0.243 e. The Balaban J connectivity index is 1.76. The standard InChI is InChI=1S/C21H24INO3S/c1-15-6-7-17(13-20(15)22)14-21(24)18-8-10-19(11-9-18)27(25,26)23-12-4-3-5-16(23)2/h6-11,13,16H,3-5,12,14H2,1-2H3. The molecule has 1 unspecified atom stereocenters. The lowest BCUT2D eigenvalue weighted by atomic mass is 10.0. The summed E-state index contributed by atoms with van der Waals surface area (Å²) < 4.78 is 28.5. The highest BCUT2D eigenvalue weighted by atomic mass is 127. The number of carbonyl (C=O) groups excluding carboxylic acids is 1. The van der Waals surface area contributed by atoms with Crippen molar-refractivity contribution in [3.63, 3.8) is 0 Å². The lowest BCUT2D eigenvalue weighted by Crippen LogP contribution is -2.41. The van der Waals surface area contributed by atoms with Crippen molar-refractivity contribution in [2.75, 3.05) is 6.54 Å². The number of Topliss-reactive ketones (excluding diaryl/α,β-unsaturated/α-hetero) is 1. The molecule has 1 atom stereocenters. The van der Waals surface area contributed by atoms with Crippen LogP contribution in [-0.4, -0.2) is 31.1 Å². The SMILES string of the molecule is Cc1ccc(CC(=O)c2ccc(S(=O)(=O)N3CCCCC3C)cc2)cc1I. The summed E-state index contributed by atoms with van der Waals surface area (Å²) in [5, 5.41) is 0. The van der Waals surface area contributed by atoms with Crippen LogP contribution in [0.5, 0.6) is 0 Å². The van der Waals surface area contributed by atoms with Crippen LogP contribution in [0, 0.1) is 10.5 Å². The van der Waals surface area contributed by atoms with Crippen LogP contribution in [0.15, 0.2) is 47.4 Å². The molecule has 144 valence electrons. The zero-order chi connectivity index (χ0) is 19.6. The molecule has 4 nitrogen and oxygen atoms in total. The van der Waals surface area contributed by atoms with Crippen molar-refractivity contribution in [2.24, 2.45) is 0 Å².